The molecule has 3 heteroatoms. The van der Waals surface area contributed by atoms with Crippen LogP contribution in [-0.4, -0.2) is 17.5 Å². The van der Waals surface area contributed by atoms with Crippen molar-refractivity contribution in [2.75, 3.05) is 12.4 Å². The molecule has 1 atom stereocenters. The minimum Gasteiger partial charge on any atom is -0.394 e. The lowest BCUT2D eigenvalue weighted by molar-refractivity contribution is 0.193. The number of thioether (sulfide) groups is 1. The Balaban J connectivity index is 1.88. The molecule has 0 aliphatic carbocycles. The van der Waals surface area contributed by atoms with Crippen molar-refractivity contribution in [3.8, 4) is 0 Å². The van der Waals surface area contributed by atoms with Gasteiger partial charge < -0.3 is 10.8 Å². The van der Waals surface area contributed by atoms with Crippen molar-refractivity contribution < 1.29 is 5.11 Å². The zero-order valence-corrected chi connectivity index (χ0v) is 13.3. The van der Waals surface area contributed by atoms with Crippen molar-refractivity contribution in [3.63, 3.8) is 0 Å². The van der Waals surface area contributed by atoms with E-state index in [0.717, 1.165) is 23.5 Å². The molecule has 0 saturated heterocycles. The Morgan fingerprint density at radius 1 is 1.05 bits per heavy atom. The van der Waals surface area contributed by atoms with Gasteiger partial charge in [-0.3, -0.25) is 0 Å². The van der Waals surface area contributed by atoms with Crippen LogP contribution in [0.4, 0.5) is 0 Å². The third-order valence-electron chi connectivity index (χ3n) is 3.84. The summed E-state index contributed by atoms with van der Waals surface area (Å²) in [5, 5.41) is 9.66. The predicted molar refractivity (Wildman–Crippen MR) is 91.4 cm³/mol. The zero-order chi connectivity index (χ0) is 15.1. The maximum absolute atomic E-state index is 9.66. The second-order valence-corrected chi connectivity index (χ2v) is 6.51. The van der Waals surface area contributed by atoms with Crippen LogP contribution in [0.2, 0.25) is 0 Å². The van der Waals surface area contributed by atoms with Gasteiger partial charge in [0.15, 0.2) is 0 Å². The molecule has 0 radical (unpaired) electrons. The molecule has 0 bridgehead atoms. The van der Waals surface area contributed by atoms with Gasteiger partial charge in [0.1, 0.15) is 0 Å². The van der Waals surface area contributed by atoms with Crippen molar-refractivity contribution in [1.29, 1.82) is 0 Å². The fourth-order valence-electron chi connectivity index (χ4n) is 2.29. The Bertz CT molecular complexity index is 558. The van der Waals surface area contributed by atoms with Crippen LogP contribution in [-0.2, 0) is 11.3 Å². The molecule has 112 valence electrons. The fraction of sp³-hybridized carbons (Fsp3) is 0.333. The van der Waals surface area contributed by atoms with Crippen LogP contribution < -0.4 is 5.73 Å². The lowest BCUT2D eigenvalue weighted by Crippen LogP contribution is -2.41. The molecular weight excluding hydrogens is 278 g/mol. The van der Waals surface area contributed by atoms with Crippen LogP contribution in [0.25, 0.3) is 0 Å². The van der Waals surface area contributed by atoms with Crippen molar-refractivity contribution >= 4 is 11.8 Å². The summed E-state index contributed by atoms with van der Waals surface area (Å²) >= 11 is 1.87. The Morgan fingerprint density at radius 3 is 2.38 bits per heavy atom. The van der Waals surface area contributed by atoms with Crippen molar-refractivity contribution in [1.82, 2.24) is 0 Å². The number of aryl methyl sites for hydroxylation is 1. The summed E-state index contributed by atoms with van der Waals surface area (Å²) in [5.74, 6) is 1.92. The highest BCUT2D eigenvalue weighted by Gasteiger charge is 2.25. The summed E-state index contributed by atoms with van der Waals surface area (Å²) in [4.78, 5) is 0. The smallest absolute Gasteiger partial charge is 0.0653 e. The van der Waals surface area contributed by atoms with E-state index in [4.69, 9.17) is 5.73 Å². The average molecular weight is 301 g/mol. The molecule has 21 heavy (non-hydrogen) atoms. The standard InChI is InChI=1S/C18H23NOS/c1-15-7-5-6-8-16(15)13-21-12-11-18(19,14-20)17-9-3-2-4-10-17/h2-10,20H,11-14,19H2,1H3. The number of aliphatic hydroxyl groups excluding tert-OH is 1. The van der Waals surface area contributed by atoms with E-state index < -0.39 is 5.54 Å². The topological polar surface area (TPSA) is 46.2 Å². The van der Waals surface area contributed by atoms with Gasteiger partial charge in [-0.15, -0.1) is 0 Å². The number of rotatable bonds is 7. The maximum Gasteiger partial charge on any atom is 0.0653 e. The van der Waals surface area contributed by atoms with Crippen LogP contribution >= 0.6 is 11.8 Å². The molecule has 2 nitrogen and oxygen atoms in total. The van der Waals surface area contributed by atoms with Gasteiger partial charge in [0.25, 0.3) is 0 Å². The summed E-state index contributed by atoms with van der Waals surface area (Å²) in [6.45, 7) is 2.11. The lowest BCUT2D eigenvalue weighted by Gasteiger charge is -2.27. The first kappa shape index (κ1) is 16.1. The van der Waals surface area contributed by atoms with E-state index in [1.54, 1.807) is 0 Å². The van der Waals surface area contributed by atoms with Gasteiger partial charge in [0.2, 0.25) is 0 Å². The number of nitrogens with two attached hydrogens (primary N) is 1. The van der Waals surface area contributed by atoms with Gasteiger partial charge in [-0.05, 0) is 35.8 Å². The molecule has 2 rings (SSSR count). The average Bonchev–Trinajstić information content (AvgIpc) is 2.54. The van der Waals surface area contributed by atoms with E-state index in [2.05, 4.69) is 31.2 Å². The van der Waals surface area contributed by atoms with Gasteiger partial charge in [0.05, 0.1) is 12.1 Å². The largest absolute Gasteiger partial charge is 0.394 e. The number of hydrogen-bond acceptors (Lipinski definition) is 3. The third-order valence-corrected chi connectivity index (χ3v) is 4.85. The summed E-state index contributed by atoms with van der Waals surface area (Å²) in [6.07, 6.45) is 0.768. The van der Waals surface area contributed by atoms with Gasteiger partial charge >= 0.3 is 0 Å². The second-order valence-electron chi connectivity index (χ2n) is 5.41. The van der Waals surface area contributed by atoms with E-state index >= 15 is 0 Å². The monoisotopic (exact) mass is 301 g/mol. The zero-order valence-electron chi connectivity index (χ0n) is 12.5. The summed E-state index contributed by atoms with van der Waals surface area (Å²) < 4.78 is 0. The Kier molecular flexibility index (Phi) is 5.85. The van der Waals surface area contributed by atoms with E-state index in [0.29, 0.717) is 0 Å². The molecule has 3 N–H and O–H groups in total. The molecule has 0 aliphatic heterocycles. The highest BCUT2D eigenvalue weighted by molar-refractivity contribution is 7.98. The van der Waals surface area contributed by atoms with Crippen LogP contribution in [0.1, 0.15) is 23.1 Å². The molecular formula is C18H23NOS. The first-order valence-corrected chi connectivity index (χ1v) is 8.39. The van der Waals surface area contributed by atoms with E-state index in [1.807, 2.05) is 42.1 Å². The molecule has 0 spiro atoms. The SMILES string of the molecule is Cc1ccccc1CSCCC(N)(CO)c1ccccc1. The molecule has 0 fully saturated rings. The number of aliphatic hydroxyl groups is 1. The summed E-state index contributed by atoms with van der Waals surface area (Å²) in [6, 6.07) is 18.3. The molecule has 0 heterocycles. The van der Waals surface area contributed by atoms with Crippen LogP contribution in [0.5, 0.6) is 0 Å². The molecule has 0 amide bonds. The minimum absolute atomic E-state index is 0.0259. The Labute approximate surface area is 131 Å². The molecule has 2 aromatic rings. The van der Waals surface area contributed by atoms with Crippen molar-refractivity contribution in [2.24, 2.45) is 5.73 Å². The van der Waals surface area contributed by atoms with Crippen LogP contribution in [0.3, 0.4) is 0 Å². The quantitative estimate of drug-likeness (QED) is 0.770. The first-order chi connectivity index (χ1) is 10.2. The lowest BCUT2D eigenvalue weighted by atomic mass is 9.89. The van der Waals surface area contributed by atoms with Gasteiger partial charge in [0, 0.05) is 5.75 Å². The molecule has 0 saturated carbocycles. The molecule has 0 aromatic heterocycles. The van der Waals surface area contributed by atoms with Gasteiger partial charge in [-0.1, -0.05) is 54.6 Å². The van der Waals surface area contributed by atoms with Crippen molar-refractivity contribution in [2.45, 2.75) is 24.6 Å². The maximum atomic E-state index is 9.66. The highest BCUT2D eigenvalue weighted by atomic mass is 32.2. The molecule has 2 aromatic carbocycles. The van der Waals surface area contributed by atoms with Gasteiger partial charge in [-0.25, -0.2) is 0 Å². The van der Waals surface area contributed by atoms with E-state index in [-0.39, 0.29) is 6.61 Å². The molecule has 1 unspecified atom stereocenters. The Morgan fingerprint density at radius 2 is 1.71 bits per heavy atom. The highest BCUT2D eigenvalue weighted by Crippen LogP contribution is 2.25. The summed E-state index contributed by atoms with van der Waals surface area (Å²) in [7, 11) is 0. The van der Waals surface area contributed by atoms with Crippen LogP contribution in [0.15, 0.2) is 54.6 Å². The Hall–Kier alpha value is -1.29. The van der Waals surface area contributed by atoms with E-state index in [9.17, 15) is 5.11 Å². The first-order valence-electron chi connectivity index (χ1n) is 7.23. The molecule has 0 aliphatic rings. The predicted octanol–water partition coefficient (Wildman–Crippen LogP) is 3.46. The normalized spacial score (nSPS) is 13.9. The third kappa shape index (κ3) is 4.34. The fourth-order valence-corrected chi connectivity index (χ4v) is 3.49. The number of hydrogen-bond donors (Lipinski definition) is 2. The second kappa shape index (κ2) is 7.64. The van der Waals surface area contributed by atoms with Crippen molar-refractivity contribution in [3.05, 3.63) is 71.3 Å². The van der Waals surface area contributed by atoms with Gasteiger partial charge in [-0.2, -0.15) is 11.8 Å². The summed E-state index contributed by atoms with van der Waals surface area (Å²) in [5.41, 5.74) is 9.43. The van der Waals surface area contributed by atoms with Crippen LogP contribution in [0, 0.1) is 6.92 Å². The minimum atomic E-state index is -0.639. The number of benzene rings is 2. The van der Waals surface area contributed by atoms with E-state index in [1.165, 1.54) is 11.1 Å².